The number of nitrogens with one attached hydrogen (secondary N) is 1. The Kier molecular flexibility index (Phi) is 3.52. The number of hydrogen-bond acceptors (Lipinski definition) is 5. The third-order valence-electron chi connectivity index (χ3n) is 2.40. The highest BCUT2D eigenvalue weighted by Gasteiger charge is 2.15. The van der Waals surface area contributed by atoms with Crippen LogP contribution in [0, 0.1) is 15.9 Å². The van der Waals surface area contributed by atoms with Gasteiger partial charge < -0.3 is 5.32 Å². The standard InChI is InChI=1S/C11H10FN3O2S/c1-7(11-5-13-6-18-11)14-8-2-3-9(12)10(4-8)15(16)17/h2-7,14H,1H3. The number of nitro benzene ring substituents is 1. The first kappa shape index (κ1) is 12.4. The zero-order valence-electron chi connectivity index (χ0n) is 9.46. The average molecular weight is 267 g/mol. The van der Waals surface area contributed by atoms with Gasteiger partial charge in [0.25, 0.3) is 0 Å². The van der Waals surface area contributed by atoms with E-state index in [0.29, 0.717) is 5.69 Å². The van der Waals surface area contributed by atoms with Crippen molar-refractivity contribution in [2.45, 2.75) is 13.0 Å². The second kappa shape index (κ2) is 5.09. The van der Waals surface area contributed by atoms with E-state index < -0.39 is 16.4 Å². The number of hydrogen-bond donors (Lipinski definition) is 1. The van der Waals surface area contributed by atoms with Gasteiger partial charge in [0, 0.05) is 22.8 Å². The van der Waals surface area contributed by atoms with E-state index in [1.54, 1.807) is 11.7 Å². The summed E-state index contributed by atoms with van der Waals surface area (Å²) in [5.74, 6) is -0.837. The fourth-order valence-electron chi connectivity index (χ4n) is 1.50. The minimum Gasteiger partial charge on any atom is -0.377 e. The molecule has 7 heteroatoms. The molecule has 1 aromatic carbocycles. The van der Waals surface area contributed by atoms with E-state index in [9.17, 15) is 14.5 Å². The Morgan fingerprint density at radius 1 is 1.56 bits per heavy atom. The Bertz CT molecular complexity index is 559. The van der Waals surface area contributed by atoms with Crippen LogP contribution >= 0.6 is 11.3 Å². The van der Waals surface area contributed by atoms with E-state index in [-0.39, 0.29) is 6.04 Å². The molecule has 18 heavy (non-hydrogen) atoms. The van der Waals surface area contributed by atoms with Crippen LogP contribution < -0.4 is 5.32 Å². The SMILES string of the molecule is CC(Nc1ccc(F)c([N+](=O)[O-])c1)c1cncs1. The summed E-state index contributed by atoms with van der Waals surface area (Å²) in [5.41, 5.74) is 1.68. The number of aromatic nitrogens is 1. The highest BCUT2D eigenvalue weighted by Crippen LogP contribution is 2.26. The molecule has 1 heterocycles. The first-order chi connectivity index (χ1) is 8.58. The lowest BCUT2D eigenvalue weighted by molar-refractivity contribution is -0.387. The molecule has 94 valence electrons. The van der Waals surface area contributed by atoms with Crippen molar-refractivity contribution in [3.63, 3.8) is 0 Å². The predicted octanol–water partition coefficient (Wildman–Crippen LogP) is 3.36. The molecule has 0 aliphatic rings. The minimum absolute atomic E-state index is 0.0393. The van der Waals surface area contributed by atoms with Crippen LogP contribution in [0.2, 0.25) is 0 Å². The summed E-state index contributed by atoms with van der Waals surface area (Å²) in [6.07, 6.45) is 1.72. The Labute approximate surface area is 106 Å². The van der Waals surface area contributed by atoms with Crippen LogP contribution in [-0.2, 0) is 0 Å². The molecular weight excluding hydrogens is 257 g/mol. The molecule has 0 amide bonds. The Hall–Kier alpha value is -2.02. The molecule has 0 aliphatic heterocycles. The summed E-state index contributed by atoms with van der Waals surface area (Å²) in [6.45, 7) is 1.91. The van der Waals surface area contributed by atoms with Crippen LogP contribution in [0.4, 0.5) is 15.8 Å². The van der Waals surface area contributed by atoms with Crippen molar-refractivity contribution >= 4 is 22.7 Å². The molecule has 1 atom stereocenters. The zero-order valence-corrected chi connectivity index (χ0v) is 10.3. The maximum Gasteiger partial charge on any atom is 0.306 e. The molecule has 0 saturated carbocycles. The summed E-state index contributed by atoms with van der Waals surface area (Å²) < 4.78 is 13.2. The number of rotatable bonds is 4. The summed E-state index contributed by atoms with van der Waals surface area (Å²) in [5, 5.41) is 13.7. The highest BCUT2D eigenvalue weighted by molar-refractivity contribution is 7.09. The summed E-state index contributed by atoms with van der Waals surface area (Å²) >= 11 is 1.48. The lowest BCUT2D eigenvalue weighted by atomic mass is 10.2. The van der Waals surface area contributed by atoms with Crippen molar-refractivity contribution < 1.29 is 9.31 Å². The van der Waals surface area contributed by atoms with Crippen LogP contribution in [0.15, 0.2) is 29.9 Å². The first-order valence-electron chi connectivity index (χ1n) is 5.17. The molecule has 1 unspecified atom stereocenters. The number of nitrogens with zero attached hydrogens (tertiary/aromatic N) is 2. The molecular formula is C11H10FN3O2S. The van der Waals surface area contributed by atoms with Gasteiger partial charge in [-0.15, -0.1) is 11.3 Å². The fraction of sp³-hybridized carbons (Fsp3) is 0.182. The molecule has 2 rings (SSSR count). The van der Waals surface area contributed by atoms with Crippen LogP contribution in [0.25, 0.3) is 0 Å². The molecule has 0 radical (unpaired) electrons. The third kappa shape index (κ3) is 2.62. The number of nitro groups is 1. The van der Waals surface area contributed by atoms with Gasteiger partial charge in [0.2, 0.25) is 5.82 Å². The lowest BCUT2D eigenvalue weighted by Gasteiger charge is -2.12. The lowest BCUT2D eigenvalue weighted by Crippen LogP contribution is -2.05. The minimum atomic E-state index is -0.837. The van der Waals surface area contributed by atoms with Gasteiger partial charge in [0.15, 0.2) is 0 Å². The van der Waals surface area contributed by atoms with Crippen LogP contribution in [0.1, 0.15) is 17.8 Å². The quantitative estimate of drug-likeness (QED) is 0.681. The van der Waals surface area contributed by atoms with Gasteiger partial charge in [-0.05, 0) is 19.1 Å². The molecule has 5 nitrogen and oxygen atoms in total. The Morgan fingerprint density at radius 3 is 2.94 bits per heavy atom. The van der Waals surface area contributed by atoms with Gasteiger partial charge in [-0.25, -0.2) is 0 Å². The van der Waals surface area contributed by atoms with Gasteiger partial charge in [-0.2, -0.15) is 4.39 Å². The van der Waals surface area contributed by atoms with Gasteiger partial charge in [-0.3, -0.25) is 15.1 Å². The fourth-order valence-corrected chi connectivity index (χ4v) is 2.13. The van der Waals surface area contributed by atoms with E-state index in [0.717, 1.165) is 10.9 Å². The maximum atomic E-state index is 13.2. The highest BCUT2D eigenvalue weighted by atomic mass is 32.1. The van der Waals surface area contributed by atoms with Crippen LogP contribution in [-0.4, -0.2) is 9.91 Å². The summed E-state index contributed by atoms with van der Waals surface area (Å²) in [7, 11) is 0. The second-order valence-corrected chi connectivity index (χ2v) is 4.61. The number of thiazole rings is 1. The van der Waals surface area contributed by atoms with E-state index in [4.69, 9.17) is 0 Å². The predicted molar refractivity (Wildman–Crippen MR) is 67.2 cm³/mol. The van der Waals surface area contributed by atoms with Crippen molar-refractivity contribution in [2.24, 2.45) is 0 Å². The maximum absolute atomic E-state index is 13.2. The number of halogens is 1. The van der Waals surface area contributed by atoms with Crippen LogP contribution in [0.5, 0.6) is 0 Å². The summed E-state index contributed by atoms with van der Waals surface area (Å²) in [4.78, 5) is 14.8. The Balaban J connectivity index is 2.20. The number of anilines is 1. The van der Waals surface area contributed by atoms with Crippen molar-refractivity contribution in [1.29, 1.82) is 0 Å². The molecule has 0 spiro atoms. The monoisotopic (exact) mass is 267 g/mol. The molecule has 2 aromatic rings. The molecule has 0 saturated heterocycles. The number of benzene rings is 1. The van der Waals surface area contributed by atoms with Crippen molar-refractivity contribution in [3.8, 4) is 0 Å². The van der Waals surface area contributed by atoms with Gasteiger partial charge in [0.1, 0.15) is 0 Å². The normalized spacial score (nSPS) is 12.1. The second-order valence-electron chi connectivity index (χ2n) is 3.69. The molecule has 0 aliphatic carbocycles. The van der Waals surface area contributed by atoms with Gasteiger partial charge in [0.05, 0.1) is 16.5 Å². The van der Waals surface area contributed by atoms with E-state index in [1.165, 1.54) is 23.5 Å². The van der Waals surface area contributed by atoms with Gasteiger partial charge >= 0.3 is 5.69 Å². The summed E-state index contributed by atoms with van der Waals surface area (Å²) in [6, 6.07) is 3.70. The molecule has 1 N–H and O–H groups in total. The van der Waals surface area contributed by atoms with Gasteiger partial charge in [-0.1, -0.05) is 0 Å². The zero-order chi connectivity index (χ0) is 13.1. The van der Waals surface area contributed by atoms with E-state index >= 15 is 0 Å². The van der Waals surface area contributed by atoms with Crippen molar-refractivity contribution in [3.05, 3.63) is 50.7 Å². The van der Waals surface area contributed by atoms with E-state index in [1.807, 2.05) is 6.92 Å². The third-order valence-corrected chi connectivity index (χ3v) is 3.36. The van der Waals surface area contributed by atoms with E-state index in [2.05, 4.69) is 10.3 Å². The molecule has 0 fully saturated rings. The smallest absolute Gasteiger partial charge is 0.306 e. The van der Waals surface area contributed by atoms with Crippen molar-refractivity contribution in [1.82, 2.24) is 4.98 Å². The largest absolute Gasteiger partial charge is 0.377 e. The average Bonchev–Trinajstić information content (AvgIpc) is 2.85. The van der Waals surface area contributed by atoms with Crippen LogP contribution in [0.3, 0.4) is 0 Å². The topological polar surface area (TPSA) is 68.1 Å². The molecule has 1 aromatic heterocycles. The van der Waals surface area contributed by atoms with Crippen molar-refractivity contribution in [2.75, 3.05) is 5.32 Å². The first-order valence-corrected chi connectivity index (χ1v) is 6.05. The molecule has 0 bridgehead atoms. The Morgan fingerprint density at radius 2 is 2.33 bits per heavy atom.